The second kappa shape index (κ2) is 12.4. The van der Waals surface area contributed by atoms with Gasteiger partial charge in [-0.05, 0) is 116 Å². The summed E-state index contributed by atoms with van der Waals surface area (Å²) in [5, 5.41) is 16.1. The van der Waals surface area contributed by atoms with E-state index in [1.54, 1.807) is 22.7 Å². The zero-order chi connectivity index (χ0) is 34.6. The van der Waals surface area contributed by atoms with E-state index < -0.39 is 0 Å². The standard InChI is InChI=1S/C47H27N3S2/c48-28-29-13-14-33-24-34(20-19-32(33)23-29)36-25-35(30-15-17-31(18-16-30)46-49-42-9-3-5-11-44(42)51-46)26-37(27-36)38-21-22-41(40-8-2-1-7-39(38)40)47-50-43-10-4-6-12-45(43)52-47/h1-27H. The topological polar surface area (TPSA) is 49.6 Å². The van der Waals surface area contributed by atoms with E-state index in [-0.39, 0.29) is 0 Å². The van der Waals surface area contributed by atoms with Gasteiger partial charge in [-0.3, -0.25) is 0 Å². The van der Waals surface area contributed by atoms with Crippen LogP contribution in [0.5, 0.6) is 0 Å². The third kappa shape index (κ3) is 5.34. The van der Waals surface area contributed by atoms with Crippen LogP contribution in [0.3, 0.4) is 0 Å². The maximum Gasteiger partial charge on any atom is 0.125 e. The molecular weight excluding hydrogens is 671 g/mol. The maximum atomic E-state index is 9.46. The molecule has 0 spiro atoms. The first kappa shape index (κ1) is 30.4. The summed E-state index contributed by atoms with van der Waals surface area (Å²) in [5.74, 6) is 0. The van der Waals surface area contributed by atoms with Crippen LogP contribution in [-0.4, -0.2) is 9.97 Å². The van der Waals surface area contributed by atoms with E-state index >= 15 is 0 Å². The van der Waals surface area contributed by atoms with Crippen LogP contribution in [-0.2, 0) is 0 Å². The van der Waals surface area contributed by atoms with Crippen molar-refractivity contribution in [3.8, 4) is 60.6 Å². The Bertz CT molecular complexity index is 2970. The highest BCUT2D eigenvalue weighted by Gasteiger charge is 2.16. The molecule has 8 aromatic carbocycles. The molecule has 10 rings (SSSR count). The summed E-state index contributed by atoms with van der Waals surface area (Å²) < 4.78 is 2.39. The first-order valence-electron chi connectivity index (χ1n) is 17.1. The highest BCUT2D eigenvalue weighted by atomic mass is 32.1. The van der Waals surface area contributed by atoms with E-state index in [2.05, 4.69) is 140 Å². The SMILES string of the molecule is N#Cc1ccc2cc(-c3cc(-c4ccc(-c5nc6ccccc6s5)cc4)cc(-c4ccc(-c5nc6ccccc6s5)c5ccccc45)c3)ccc2c1. The van der Waals surface area contributed by atoms with Crippen LogP contribution in [0, 0.1) is 11.3 Å². The lowest BCUT2D eigenvalue weighted by molar-refractivity contribution is 1.47. The Morgan fingerprint density at radius 3 is 1.67 bits per heavy atom. The van der Waals surface area contributed by atoms with Crippen molar-refractivity contribution in [3.63, 3.8) is 0 Å². The normalized spacial score (nSPS) is 11.4. The number of nitriles is 1. The molecule has 242 valence electrons. The fourth-order valence-electron chi connectivity index (χ4n) is 7.14. The first-order valence-corrected chi connectivity index (χ1v) is 18.7. The highest BCUT2D eigenvalue weighted by Crippen LogP contribution is 2.41. The van der Waals surface area contributed by atoms with Crippen molar-refractivity contribution < 1.29 is 0 Å². The minimum Gasteiger partial charge on any atom is -0.236 e. The zero-order valence-electron chi connectivity index (χ0n) is 27.7. The molecule has 2 heterocycles. The van der Waals surface area contributed by atoms with Crippen molar-refractivity contribution >= 4 is 64.7 Å². The summed E-state index contributed by atoms with van der Waals surface area (Å²) in [7, 11) is 0. The summed E-state index contributed by atoms with van der Waals surface area (Å²) in [5.41, 5.74) is 11.9. The average Bonchev–Trinajstić information content (AvgIpc) is 3.85. The second-order valence-electron chi connectivity index (χ2n) is 12.9. The Morgan fingerprint density at radius 2 is 0.942 bits per heavy atom. The molecule has 0 unspecified atom stereocenters. The van der Waals surface area contributed by atoms with Gasteiger partial charge in [0, 0.05) is 11.1 Å². The van der Waals surface area contributed by atoms with Gasteiger partial charge in [0.05, 0.1) is 32.1 Å². The lowest BCUT2D eigenvalue weighted by Crippen LogP contribution is -1.89. The Morgan fingerprint density at radius 1 is 0.404 bits per heavy atom. The molecule has 10 aromatic rings. The van der Waals surface area contributed by atoms with Crippen molar-refractivity contribution in [1.82, 2.24) is 9.97 Å². The molecule has 5 heteroatoms. The van der Waals surface area contributed by atoms with E-state index in [1.807, 2.05) is 30.3 Å². The molecule has 0 aliphatic rings. The third-order valence-electron chi connectivity index (χ3n) is 9.75. The first-order chi connectivity index (χ1) is 25.7. The van der Waals surface area contributed by atoms with E-state index in [0.29, 0.717) is 5.56 Å². The van der Waals surface area contributed by atoms with Crippen LogP contribution in [0.25, 0.3) is 96.5 Å². The maximum absolute atomic E-state index is 9.46. The van der Waals surface area contributed by atoms with Gasteiger partial charge in [-0.2, -0.15) is 5.26 Å². The Hall–Kier alpha value is -6.45. The number of fused-ring (bicyclic) bond motifs is 4. The number of hydrogen-bond donors (Lipinski definition) is 0. The zero-order valence-corrected chi connectivity index (χ0v) is 29.4. The lowest BCUT2D eigenvalue weighted by Gasteiger charge is -2.15. The predicted octanol–water partition coefficient (Wildman–Crippen LogP) is 13.4. The Labute approximate surface area is 308 Å². The number of hydrogen-bond acceptors (Lipinski definition) is 5. The number of rotatable bonds is 5. The van der Waals surface area contributed by atoms with E-state index in [4.69, 9.17) is 9.97 Å². The lowest BCUT2D eigenvalue weighted by atomic mass is 9.89. The van der Waals surface area contributed by atoms with Crippen molar-refractivity contribution in [2.75, 3.05) is 0 Å². The van der Waals surface area contributed by atoms with Crippen LogP contribution < -0.4 is 0 Å². The molecule has 3 nitrogen and oxygen atoms in total. The summed E-state index contributed by atoms with van der Waals surface area (Å²) >= 11 is 3.46. The van der Waals surface area contributed by atoms with E-state index in [1.165, 1.54) is 25.7 Å². The smallest absolute Gasteiger partial charge is 0.125 e. The molecule has 0 saturated carbocycles. The second-order valence-corrected chi connectivity index (χ2v) is 15.0. The molecule has 0 aliphatic carbocycles. The van der Waals surface area contributed by atoms with Crippen molar-refractivity contribution in [2.24, 2.45) is 0 Å². The molecule has 0 aliphatic heterocycles. The predicted molar refractivity (Wildman–Crippen MR) is 220 cm³/mol. The molecule has 0 atom stereocenters. The van der Waals surface area contributed by atoms with Gasteiger partial charge in [0.2, 0.25) is 0 Å². The number of thiazole rings is 2. The van der Waals surface area contributed by atoms with Gasteiger partial charge in [-0.25, -0.2) is 9.97 Å². The number of nitrogens with zero attached hydrogens (tertiary/aromatic N) is 3. The van der Waals surface area contributed by atoms with Crippen LogP contribution in [0.1, 0.15) is 5.56 Å². The fraction of sp³-hybridized carbons (Fsp3) is 0. The molecule has 0 N–H and O–H groups in total. The molecule has 0 amide bonds. The molecule has 52 heavy (non-hydrogen) atoms. The van der Waals surface area contributed by atoms with Gasteiger partial charge in [0.1, 0.15) is 10.0 Å². The minimum absolute atomic E-state index is 0.667. The van der Waals surface area contributed by atoms with Crippen molar-refractivity contribution in [3.05, 3.63) is 169 Å². The average molecular weight is 698 g/mol. The summed E-state index contributed by atoms with van der Waals surface area (Å²) in [4.78, 5) is 9.91. The van der Waals surface area contributed by atoms with E-state index in [0.717, 1.165) is 70.8 Å². The largest absolute Gasteiger partial charge is 0.236 e. The number of para-hydroxylation sites is 2. The molecule has 0 radical (unpaired) electrons. The fourth-order valence-corrected chi connectivity index (χ4v) is 9.11. The van der Waals surface area contributed by atoms with Crippen LogP contribution in [0.2, 0.25) is 0 Å². The third-order valence-corrected chi connectivity index (χ3v) is 11.9. The number of benzene rings is 8. The van der Waals surface area contributed by atoms with Gasteiger partial charge in [0.25, 0.3) is 0 Å². The van der Waals surface area contributed by atoms with Crippen molar-refractivity contribution in [1.29, 1.82) is 5.26 Å². The number of aromatic nitrogens is 2. The van der Waals surface area contributed by atoms with Gasteiger partial charge in [0.15, 0.2) is 0 Å². The summed E-state index contributed by atoms with van der Waals surface area (Å²) in [6.07, 6.45) is 0. The van der Waals surface area contributed by atoms with Crippen LogP contribution >= 0.6 is 22.7 Å². The summed E-state index contributed by atoms with van der Waals surface area (Å²) in [6.45, 7) is 0. The molecule has 0 saturated heterocycles. The molecule has 2 aromatic heterocycles. The van der Waals surface area contributed by atoms with Crippen LogP contribution in [0.4, 0.5) is 0 Å². The Kier molecular flexibility index (Phi) is 7.24. The summed E-state index contributed by atoms with van der Waals surface area (Å²) in [6, 6.07) is 60.2. The van der Waals surface area contributed by atoms with E-state index in [9.17, 15) is 5.26 Å². The molecular formula is C47H27N3S2. The van der Waals surface area contributed by atoms with Gasteiger partial charge in [-0.1, -0.05) is 103 Å². The Balaban J connectivity index is 1.13. The van der Waals surface area contributed by atoms with Gasteiger partial charge >= 0.3 is 0 Å². The van der Waals surface area contributed by atoms with Gasteiger partial charge in [-0.15, -0.1) is 22.7 Å². The van der Waals surface area contributed by atoms with Crippen LogP contribution in [0.15, 0.2) is 164 Å². The quantitative estimate of drug-likeness (QED) is 0.180. The molecule has 0 fully saturated rings. The molecule has 0 bridgehead atoms. The van der Waals surface area contributed by atoms with Gasteiger partial charge < -0.3 is 0 Å². The minimum atomic E-state index is 0.667. The monoisotopic (exact) mass is 697 g/mol. The highest BCUT2D eigenvalue weighted by molar-refractivity contribution is 7.22. The van der Waals surface area contributed by atoms with Crippen molar-refractivity contribution in [2.45, 2.75) is 0 Å².